The fourth-order valence-corrected chi connectivity index (χ4v) is 5.61. The van der Waals surface area contributed by atoms with Crippen LogP contribution in [0.15, 0.2) is 42.5 Å². The summed E-state index contributed by atoms with van der Waals surface area (Å²) in [6.45, 7) is 0.750. The minimum Gasteiger partial charge on any atom is -0.358 e. The fourth-order valence-electron chi connectivity index (χ4n) is 5.61. The molecule has 2 aromatic carbocycles. The number of carbonyl (C=O) groups is 1. The molecule has 0 bridgehead atoms. The molecule has 0 spiro atoms. The highest BCUT2D eigenvalue weighted by Crippen LogP contribution is 2.56. The van der Waals surface area contributed by atoms with Crippen molar-refractivity contribution in [1.29, 1.82) is 0 Å². The van der Waals surface area contributed by atoms with Gasteiger partial charge in [-0.05, 0) is 55.3 Å². The first-order valence-electron chi connectivity index (χ1n) is 11.2. The molecule has 0 amide bonds. The average Bonchev–Trinajstić information content (AvgIpc) is 3.06. The van der Waals surface area contributed by atoms with E-state index in [2.05, 4.69) is 4.90 Å². The quantitative estimate of drug-likeness (QED) is 0.323. The van der Waals surface area contributed by atoms with E-state index in [-0.39, 0.29) is 29.9 Å². The summed E-state index contributed by atoms with van der Waals surface area (Å²) >= 11 is 0. The molecule has 0 aliphatic carbocycles. The third kappa shape index (κ3) is 3.91. The van der Waals surface area contributed by atoms with Crippen molar-refractivity contribution < 1.29 is 31.1 Å². The first-order chi connectivity index (χ1) is 16.1. The predicted molar refractivity (Wildman–Crippen MR) is 115 cm³/mol. The molecule has 1 fully saturated rings. The van der Waals surface area contributed by atoms with Gasteiger partial charge in [0.15, 0.2) is 5.78 Å². The van der Waals surface area contributed by atoms with E-state index in [1.54, 1.807) is 6.07 Å². The van der Waals surface area contributed by atoms with Crippen molar-refractivity contribution in [3.05, 3.63) is 59.4 Å². The second kappa shape index (κ2) is 8.18. The molecule has 2 aromatic rings. The van der Waals surface area contributed by atoms with Crippen molar-refractivity contribution in [2.75, 3.05) is 36.0 Å². The second-order valence-electron chi connectivity index (χ2n) is 9.11. The molecule has 3 aliphatic rings. The second-order valence-corrected chi connectivity index (χ2v) is 9.11. The van der Waals surface area contributed by atoms with Crippen LogP contribution in [0.3, 0.4) is 0 Å². The Hall–Kier alpha value is -2.75. The lowest BCUT2D eigenvalue weighted by Gasteiger charge is -2.46. The van der Waals surface area contributed by atoms with Gasteiger partial charge in [0.25, 0.3) is 0 Å². The predicted octanol–water partition coefficient (Wildman–Crippen LogP) is 5.40. The molecule has 10 heteroatoms. The van der Waals surface area contributed by atoms with Crippen molar-refractivity contribution in [3.8, 4) is 0 Å². The van der Waals surface area contributed by atoms with Gasteiger partial charge in [-0.2, -0.15) is 8.78 Å². The number of likely N-dealkylation sites (tertiary alicyclic amines) is 1. The molecule has 4 nitrogen and oxygen atoms in total. The number of para-hydroxylation sites is 1. The smallest absolute Gasteiger partial charge is 0.358 e. The summed E-state index contributed by atoms with van der Waals surface area (Å²) in [5, 5.41) is 0. The molecule has 1 saturated heterocycles. The highest BCUT2D eigenvalue weighted by molar-refractivity contribution is 5.96. The number of fused-ring (bicyclic) bond motifs is 3. The van der Waals surface area contributed by atoms with Gasteiger partial charge < -0.3 is 9.80 Å². The van der Waals surface area contributed by atoms with Gasteiger partial charge in [0.05, 0.1) is 11.4 Å². The number of halogens is 6. The fraction of sp³-hybridized carbons (Fsp3) is 0.458. The number of carbonyl (C=O) groups excluding carboxylic acids is 1. The van der Waals surface area contributed by atoms with Gasteiger partial charge in [-0.1, -0.05) is 12.1 Å². The lowest BCUT2D eigenvalue weighted by molar-refractivity contribution is -0.181. The van der Waals surface area contributed by atoms with E-state index in [1.807, 2.05) is 0 Å². The van der Waals surface area contributed by atoms with Gasteiger partial charge in [0, 0.05) is 37.0 Å². The summed E-state index contributed by atoms with van der Waals surface area (Å²) < 4.78 is 83.0. The van der Waals surface area contributed by atoms with Crippen LogP contribution in [0.25, 0.3) is 0 Å². The van der Waals surface area contributed by atoms with E-state index in [4.69, 9.17) is 0 Å². The monoisotopic (exact) mass is 483 g/mol. The summed E-state index contributed by atoms with van der Waals surface area (Å²) in [6, 6.07) is 5.30. The number of piperidine rings is 1. The van der Waals surface area contributed by atoms with Crippen LogP contribution in [0.2, 0.25) is 0 Å². The highest BCUT2D eigenvalue weighted by Gasteiger charge is 2.60. The maximum absolute atomic E-state index is 14.6. The summed E-state index contributed by atoms with van der Waals surface area (Å²) in [7, 11) is 0. The van der Waals surface area contributed by atoms with Crippen LogP contribution < -0.4 is 9.80 Å². The van der Waals surface area contributed by atoms with Gasteiger partial charge in [0.2, 0.25) is 0 Å². The Kier molecular flexibility index (Phi) is 5.54. The zero-order chi connectivity index (χ0) is 24.3. The summed E-state index contributed by atoms with van der Waals surface area (Å²) in [5.41, 5.74) is 0.877. The third-order valence-electron chi connectivity index (χ3n) is 7.02. The number of rotatable bonds is 5. The molecule has 3 heterocycles. The highest BCUT2D eigenvalue weighted by atomic mass is 19.4. The zero-order valence-corrected chi connectivity index (χ0v) is 18.2. The van der Waals surface area contributed by atoms with Crippen molar-refractivity contribution in [3.63, 3.8) is 0 Å². The Bertz CT molecular complexity index is 1090. The Balaban J connectivity index is 1.29. The van der Waals surface area contributed by atoms with E-state index >= 15 is 0 Å². The van der Waals surface area contributed by atoms with Crippen LogP contribution in [0.1, 0.15) is 41.1 Å². The van der Waals surface area contributed by atoms with Crippen LogP contribution >= 0.6 is 0 Å². The number of nitrogens with zero attached hydrogens (tertiary/aromatic N) is 3. The summed E-state index contributed by atoms with van der Waals surface area (Å²) in [6.07, 6.45) is -3.78. The Morgan fingerprint density at radius 1 is 1.09 bits per heavy atom. The molecule has 2 atom stereocenters. The molecule has 0 N–H and O–H groups in total. The molecule has 0 radical (unpaired) electrons. The first kappa shape index (κ1) is 23.0. The number of ketones is 1. The number of anilines is 2. The number of Topliss-reactive ketones (excluding diaryl/α,β-unsaturated/α-hetero) is 1. The molecular weight excluding hydrogens is 460 g/mol. The van der Waals surface area contributed by atoms with Crippen molar-refractivity contribution in [2.24, 2.45) is 0 Å². The van der Waals surface area contributed by atoms with E-state index in [9.17, 15) is 31.1 Å². The minimum absolute atomic E-state index is 0.0859. The first-order valence-corrected chi connectivity index (χ1v) is 11.2. The number of benzene rings is 2. The zero-order valence-electron chi connectivity index (χ0n) is 18.2. The number of alkyl halides is 5. The Morgan fingerprint density at radius 2 is 1.82 bits per heavy atom. The van der Waals surface area contributed by atoms with Crippen LogP contribution in [0, 0.1) is 5.82 Å². The topological polar surface area (TPSA) is 26.8 Å². The van der Waals surface area contributed by atoms with Gasteiger partial charge in [-0.15, -0.1) is 13.2 Å². The molecule has 0 saturated carbocycles. The van der Waals surface area contributed by atoms with Gasteiger partial charge in [-0.3, -0.25) is 4.79 Å². The van der Waals surface area contributed by atoms with Crippen molar-refractivity contribution in [2.45, 2.75) is 43.6 Å². The normalized spacial score (nSPS) is 23.6. The van der Waals surface area contributed by atoms with Gasteiger partial charge in [-0.25, -0.2) is 9.29 Å². The maximum atomic E-state index is 14.6. The summed E-state index contributed by atoms with van der Waals surface area (Å²) in [5.74, 6) is -0.675. The van der Waals surface area contributed by atoms with E-state index in [0.717, 1.165) is 6.07 Å². The molecule has 5 rings (SSSR count). The van der Waals surface area contributed by atoms with E-state index < -0.39 is 35.3 Å². The molecule has 3 aliphatic heterocycles. The van der Waals surface area contributed by atoms with Gasteiger partial charge >= 0.3 is 12.3 Å². The van der Waals surface area contributed by atoms with Crippen molar-refractivity contribution >= 4 is 17.2 Å². The Morgan fingerprint density at radius 3 is 2.53 bits per heavy atom. The van der Waals surface area contributed by atoms with E-state index in [1.165, 1.54) is 35.2 Å². The average molecular weight is 483 g/mol. The SMILES string of the molecule is O=C(CCCN1CCC2C(C1)c1cccc3c1N2CC(F)(F)N3C(F)(F)F)c1ccc(F)cc1. The van der Waals surface area contributed by atoms with Crippen molar-refractivity contribution in [1.82, 2.24) is 4.90 Å². The van der Waals surface area contributed by atoms with Crippen LogP contribution in [-0.4, -0.2) is 55.3 Å². The van der Waals surface area contributed by atoms with E-state index in [0.29, 0.717) is 43.6 Å². The molecule has 2 unspecified atom stereocenters. The lowest BCUT2D eigenvalue weighted by atomic mass is 9.89. The Labute approximate surface area is 192 Å². The van der Waals surface area contributed by atoms with Gasteiger partial charge in [0.1, 0.15) is 12.4 Å². The summed E-state index contributed by atoms with van der Waals surface area (Å²) in [4.78, 5) is 15.2. The standard InChI is InChI=1S/C24H23F6N3O/c25-16-8-6-15(7-9-16)21(34)5-2-11-31-12-10-19-18(13-31)17-3-1-4-20-22(17)32(19)14-23(26,27)33(20)24(28,29)30/h1,3-4,6-9,18-19H,2,5,10-14H2. The number of hydrogen-bond acceptors (Lipinski definition) is 4. The number of hydrogen-bond donors (Lipinski definition) is 0. The van der Waals surface area contributed by atoms with Crippen LogP contribution in [0.5, 0.6) is 0 Å². The van der Waals surface area contributed by atoms with Crippen LogP contribution in [0.4, 0.5) is 37.7 Å². The van der Waals surface area contributed by atoms with Crippen LogP contribution in [-0.2, 0) is 0 Å². The lowest BCUT2D eigenvalue weighted by Crippen LogP contribution is -2.61. The molecule has 182 valence electrons. The largest absolute Gasteiger partial charge is 0.489 e. The molecular formula is C24H23F6N3O. The molecule has 34 heavy (non-hydrogen) atoms. The minimum atomic E-state index is -5.19. The molecule has 0 aromatic heterocycles. The third-order valence-corrected chi connectivity index (χ3v) is 7.02. The maximum Gasteiger partial charge on any atom is 0.489 e.